The molecule has 3 aromatic heterocycles. The minimum atomic E-state index is -0.133. The van der Waals surface area contributed by atoms with Crippen LogP contribution in [0.4, 0.5) is 5.69 Å². The highest BCUT2D eigenvalue weighted by molar-refractivity contribution is 5.81. The normalized spacial score (nSPS) is 10.6. The highest BCUT2D eigenvalue weighted by Crippen LogP contribution is 2.29. The number of rotatable bonds is 7. The van der Waals surface area contributed by atoms with Crippen LogP contribution in [-0.4, -0.2) is 32.4 Å². The number of carbonyl (C=O) groups is 1. The summed E-state index contributed by atoms with van der Waals surface area (Å²) < 4.78 is 0. The fraction of sp³-hybridized carbons (Fsp3) is 0.130. The number of aryl methyl sites for hydroxylation is 1. The molecule has 4 aromatic rings. The number of anilines is 1. The number of H-pyrrole nitrogens is 1. The standard InChI is InChI=1S/C23H22N6O/c1-16-7-9-17(10-8-16)22-23(19-6-2-3-12-25-19)29-20(28-22)14-27-21(30)15-26-18-5-4-11-24-13-18/h2-13,26H,14-15H2,1H3,(H,27,30)(H,28,29). The zero-order valence-corrected chi connectivity index (χ0v) is 16.6. The van der Waals surface area contributed by atoms with Gasteiger partial charge in [0.1, 0.15) is 5.82 Å². The SMILES string of the molecule is Cc1ccc(-c2nc(CNC(=O)CNc3cccnc3)[nH]c2-c2ccccn2)cc1. The molecular formula is C23H22N6O. The van der Waals surface area contributed by atoms with E-state index in [9.17, 15) is 4.79 Å². The molecule has 150 valence electrons. The molecule has 7 nitrogen and oxygen atoms in total. The van der Waals surface area contributed by atoms with Crippen molar-refractivity contribution in [3.05, 3.63) is 84.6 Å². The molecule has 0 aliphatic rings. The molecule has 0 atom stereocenters. The topological polar surface area (TPSA) is 95.6 Å². The van der Waals surface area contributed by atoms with Crippen molar-refractivity contribution in [1.82, 2.24) is 25.3 Å². The predicted molar refractivity (Wildman–Crippen MR) is 117 cm³/mol. The van der Waals surface area contributed by atoms with Crippen molar-refractivity contribution in [2.45, 2.75) is 13.5 Å². The van der Waals surface area contributed by atoms with E-state index in [1.807, 2.05) is 42.5 Å². The minimum Gasteiger partial charge on any atom is -0.375 e. The number of amides is 1. The first-order chi connectivity index (χ1) is 14.7. The molecule has 4 rings (SSSR count). The van der Waals surface area contributed by atoms with Gasteiger partial charge in [0.25, 0.3) is 0 Å². The third-order valence-corrected chi connectivity index (χ3v) is 4.57. The summed E-state index contributed by atoms with van der Waals surface area (Å²) in [5.41, 5.74) is 5.42. The summed E-state index contributed by atoms with van der Waals surface area (Å²) in [4.78, 5) is 28.7. The van der Waals surface area contributed by atoms with Gasteiger partial charge in [-0.2, -0.15) is 0 Å². The summed E-state index contributed by atoms with van der Waals surface area (Å²) in [6.07, 6.45) is 5.11. The second kappa shape index (κ2) is 9.00. The van der Waals surface area contributed by atoms with Gasteiger partial charge in [-0.3, -0.25) is 14.8 Å². The van der Waals surface area contributed by atoms with Gasteiger partial charge in [0.05, 0.1) is 35.9 Å². The van der Waals surface area contributed by atoms with Crippen molar-refractivity contribution >= 4 is 11.6 Å². The quantitative estimate of drug-likeness (QED) is 0.442. The van der Waals surface area contributed by atoms with Crippen molar-refractivity contribution in [2.75, 3.05) is 11.9 Å². The fourth-order valence-electron chi connectivity index (χ4n) is 3.02. The number of nitrogens with zero attached hydrogens (tertiary/aromatic N) is 3. The van der Waals surface area contributed by atoms with Crippen LogP contribution in [0.1, 0.15) is 11.4 Å². The Bertz CT molecular complexity index is 1110. The Hall–Kier alpha value is -4.00. The van der Waals surface area contributed by atoms with Gasteiger partial charge in [0.15, 0.2) is 0 Å². The Morgan fingerprint density at radius 3 is 2.63 bits per heavy atom. The maximum atomic E-state index is 12.2. The van der Waals surface area contributed by atoms with Crippen LogP contribution >= 0.6 is 0 Å². The monoisotopic (exact) mass is 398 g/mol. The van der Waals surface area contributed by atoms with E-state index < -0.39 is 0 Å². The van der Waals surface area contributed by atoms with Gasteiger partial charge in [-0.15, -0.1) is 0 Å². The molecule has 0 radical (unpaired) electrons. The fourth-order valence-corrected chi connectivity index (χ4v) is 3.02. The highest BCUT2D eigenvalue weighted by atomic mass is 16.1. The van der Waals surface area contributed by atoms with Crippen LogP contribution in [0.2, 0.25) is 0 Å². The molecule has 0 aliphatic carbocycles. The van der Waals surface area contributed by atoms with Crippen molar-refractivity contribution < 1.29 is 4.79 Å². The van der Waals surface area contributed by atoms with E-state index in [1.165, 1.54) is 5.56 Å². The van der Waals surface area contributed by atoms with Crippen LogP contribution in [0.3, 0.4) is 0 Å². The first-order valence-corrected chi connectivity index (χ1v) is 9.67. The zero-order chi connectivity index (χ0) is 20.8. The van der Waals surface area contributed by atoms with E-state index in [2.05, 4.69) is 44.6 Å². The molecule has 1 amide bonds. The van der Waals surface area contributed by atoms with Crippen molar-refractivity contribution in [2.24, 2.45) is 0 Å². The molecule has 0 fully saturated rings. The molecule has 0 aliphatic heterocycles. The number of aromatic amines is 1. The van der Waals surface area contributed by atoms with Crippen LogP contribution in [0.5, 0.6) is 0 Å². The van der Waals surface area contributed by atoms with E-state index in [4.69, 9.17) is 4.98 Å². The van der Waals surface area contributed by atoms with Crippen LogP contribution in [0.15, 0.2) is 73.2 Å². The molecule has 7 heteroatoms. The zero-order valence-electron chi connectivity index (χ0n) is 16.6. The van der Waals surface area contributed by atoms with Crippen molar-refractivity contribution in [3.8, 4) is 22.6 Å². The van der Waals surface area contributed by atoms with Crippen molar-refractivity contribution in [1.29, 1.82) is 0 Å². The first kappa shape index (κ1) is 19.3. The molecule has 0 saturated heterocycles. The number of hydrogen-bond acceptors (Lipinski definition) is 5. The van der Waals surface area contributed by atoms with Crippen LogP contribution < -0.4 is 10.6 Å². The number of imidazole rings is 1. The Morgan fingerprint density at radius 1 is 1.03 bits per heavy atom. The maximum absolute atomic E-state index is 12.2. The highest BCUT2D eigenvalue weighted by Gasteiger charge is 2.15. The predicted octanol–water partition coefficient (Wildman–Crippen LogP) is 3.57. The van der Waals surface area contributed by atoms with E-state index in [0.717, 1.165) is 28.3 Å². The summed E-state index contributed by atoms with van der Waals surface area (Å²) in [5, 5.41) is 5.92. The van der Waals surface area contributed by atoms with Gasteiger partial charge in [-0.25, -0.2) is 4.98 Å². The molecule has 1 aromatic carbocycles. The van der Waals surface area contributed by atoms with Gasteiger partial charge >= 0.3 is 0 Å². The lowest BCUT2D eigenvalue weighted by Gasteiger charge is -2.06. The summed E-state index contributed by atoms with van der Waals surface area (Å²) in [5.74, 6) is 0.535. The Balaban J connectivity index is 1.49. The number of benzene rings is 1. The van der Waals surface area contributed by atoms with Gasteiger partial charge in [0, 0.05) is 24.2 Å². The molecule has 3 heterocycles. The molecule has 0 saturated carbocycles. The molecule has 0 bridgehead atoms. The number of pyridine rings is 2. The lowest BCUT2D eigenvalue weighted by Crippen LogP contribution is -2.29. The Morgan fingerprint density at radius 2 is 1.90 bits per heavy atom. The molecule has 0 unspecified atom stereocenters. The van der Waals surface area contributed by atoms with Crippen molar-refractivity contribution in [3.63, 3.8) is 0 Å². The van der Waals surface area contributed by atoms with Crippen LogP contribution in [0, 0.1) is 6.92 Å². The summed E-state index contributed by atoms with van der Waals surface area (Å²) >= 11 is 0. The second-order valence-corrected chi connectivity index (χ2v) is 6.86. The van der Waals surface area contributed by atoms with Gasteiger partial charge < -0.3 is 15.6 Å². The Labute approximate surface area is 174 Å². The van der Waals surface area contributed by atoms with E-state index in [0.29, 0.717) is 12.4 Å². The third-order valence-electron chi connectivity index (χ3n) is 4.57. The van der Waals surface area contributed by atoms with Gasteiger partial charge in [-0.05, 0) is 31.2 Å². The molecular weight excluding hydrogens is 376 g/mol. The second-order valence-electron chi connectivity index (χ2n) is 6.86. The average molecular weight is 398 g/mol. The maximum Gasteiger partial charge on any atom is 0.239 e. The summed E-state index contributed by atoms with van der Waals surface area (Å²) in [6, 6.07) is 17.6. The lowest BCUT2D eigenvalue weighted by molar-refractivity contribution is -0.119. The summed E-state index contributed by atoms with van der Waals surface area (Å²) in [6.45, 7) is 2.50. The lowest BCUT2D eigenvalue weighted by atomic mass is 10.1. The third kappa shape index (κ3) is 4.70. The minimum absolute atomic E-state index is 0.133. The number of hydrogen-bond donors (Lipinski definition) is 3. The molecule has 30 heavy (non-hydrogen) atoms. The first-order valence-electron chi connectivity index (χ1n) is 9.67. The Kier molecular flexibility index (Phi) is 5.80. The van der Waals surface area contributed by atoms with E-state index in [1.54, 1.807) is 18.6 Å². The number of aromatic nitrogens is 4. The smallest absolute Gasteiger partial charge is 0.239 e. The number of carbonyl (C=O) groups excluding carboxylic acids is 1. The van der Waals surface area contributed by atoms with E-state index in [-0.39, 0.29) is 12.5 Å². The molecule has 3 N–H and O–H groups in total. The number of nitrogens with one attached hydrogen (secondary N) is 3. The average Bonchev–Trinajstić information content (AvgIpc) is 3.22. The van der Waals surface area contributed by atoms with E-state index >= 15 is 0 Å². The molecule has 0 spiro atoms. The largest absolute Gasteiger partial charge is 0.375 e. The van der Waals surface area contributed by atoms with Crippen LogP contribution in [0.25, 0.3) is 22.6 Å². The van der Waals surface area contributed by atoms with Gasteiger partial charge in [-0.1, -0.05) is 35.9 Å². The van der Waals surface area contributed by atoms with Gasteiger partial charge in [0.2, 0.25) is 5.91 Å². The summed E-state index contributed by atoms with van der Waals surface area (Å²) in [7, 11) is 0. The van der Waals surface area contributed by atoms with Crippen LogP contribution in [-0.2, 0) is 11.3 Å².